The van der Waals surface area contributed by atoms with Crippen molar-refractivity contribution in [2.45, 2.75) is 32.0 Å². The third-order valence-electron chi connectivity index (χ3n) is 3.81. The average molecular weight is 401 g/mol. The first-order valence-corrected chi connectivity index (χ1v) is 10.0. The maximum absolute atomic E-state index is 12.0. The molecule has 3 rings (SSSR count). The topological polar surface area (TPSA) is 59.8 Å². The van der Waals surface area contributed by atoms with Crippen LogP contribution in [0.3, 0.4) is 0 Å². The minimum atomic E-state index is -0.0301. The van der Waals surface area contributed by atoms with Crippen LogP contribution in [0.25, 0.3) is 17.1 Å². The van der Waals surface area contributed by atoms with Gasteiger partial charge in [0.15, 0.2) is 11.0 Å². The van der Waals surface area contributed by atoms with E-state index < -0.39 is 0 Å². The maximum atomic E-state index is 12.0. The van der Waals surface area contributed by atoms with Crippen LogP contribution < -0.4 is 5.32 Å². The zero-order chi connectivity index (χ0) is 19.4. The molecule has 140 valence electrons. The maximum Gasteiger partial charge on any atom is 0.230 e. The van der Waals surface area contributed by atoms with Gasteiger partial charge in [0.1, 0.15) is 0 Å². The molecule has 0 fully saturated rings. The van der Waals surface area contributed by atoms with Gasteiger partial charge in [0.05, 0.1) is 5.75 Å². The Morgan fingerprint density at radius 2 is 1.78 bits per heavy atom. The largest absolute Gasteiger partial charge is 0.353 e. The van der Waals surface area contributed by atoms with Gasteiger partial charge in [0.25, 0.3) is 0 Å². The molecule has 0 saturated carbocycles. The standard InChI is InChI=1S/C20H21ClN4OS/c1-13(2)22-18(26)12-27-20-24-23-19(15-6-4-14(3)5-7-15)25(20)17-10-8-16(21)9-11-17/h4-11,13H,12H2,1-3H3,(H,22,26). The van der Waals surface area contributed by atoms with E-state index in [1.807, 2.05) is 73.9 Å². The van der Waals surface area contributed by atoms with Gasteiger partial charge >= 0.3 is 0 Å². The molecule has 0 bridgehead atoms. The number of hydrogen-bond donors (Lipinski definition) is 1. The van der Waals surface area contributed by atoms with Gasteiger partial charge in [0.2, 0.25) is 5.91 Å². The zero-order valence-corrected chi connectivity index (χ0v) is 17.0. The number of nitrogens with zero attached hydrogens (tertiary/aromatic N) is 3. The Morgan fingerprint density at radius 3 is 2.41 bits per heavy atom. The molecule has 27 heavy (non-hydrogen) atoms. The Balaban J connectivity index is 1.97. The summed E-state index contributed by atoms with van der Waals surface area (Å²) in [6.45, 7) is 5.92. The van der Waals surface area contributed by atoms with E-state index in [1.165, 1.54) is 17.3 Å². The minimum Gasteiger partial charge on any atom is -0.353 e. The summed E-state index contributed by atoms with van der Waals surface area (Å²) in [6.07, 6.45) is 0. The first-order valence-electron chi connectivity index (χ1n) is 8.64. The highest BCUT2D eigenvalue weighted by Crippen LogP contribution is 2.28. The number of carbonyl (C=O) groups excluding carboxylic acids is 1. The van der Waals surface area contributed by atoms with Crippen molar-refractivity contribution in [3.63, 3.8) is 0 Å². The van der Waals surface area contributed by atoms with Crippen LogP contribution in [-0.4, -0.2) is 32.5 Å². The molecular formula is C20H21ClN4OS. The fourth-order valence-electron chi connectivity index (χ4n) is 2.57. The van der Waals surface area contributed by atoms with E-state index in [4.69, 9.17) is 11.6 Å². The summed E-state index contributed by atoms with van der Waals surface area (Å²) < 4.78 is 1.95. The van der Waals surface area contributed by atoms with Gasteiger partial charge in [-0.1, -0.05) is 53.2 Å². The highest BCUT2D eigenvalue weighted by Gasteiger charge is 2.17. The predicted octanol–water partition coefficient (Wildman–Crippen LogP) is 4.51. The number of rotatable bonds is 6. The highest BCUT2D eigenvalue weighted by molar-refractivity contribution is 7.99. The lowest BCUT2D eigenvalue weighted by Gasteiger charge is -2.11. The smallest absolute Gasteiger partial charge is 0.230 e. The third-order valence-corrected chi connectivity index (χ3v) is 4.99. The number of hydrogen-bond acceptors (Lipinski definition) is 4. The van der Waals surface area contributed by atoms with E-state index in [0.717, 1.165) is 17.1 Å². The normalized spacial score (nSPS) is 11.0. The van der Waals surface area contributed by atoms with Crippen molar-refractivity contribution >= 4 is 29.3 Å². The van der Waals surface area contributed by atoms with Crippen LogP contribution in [0.2, 0.25) is 5.02 Å². The average Bonchev–Trinajstić information content (AvgIpc) is 3.04. The van der Waals surface area contributed by atoms with Gasteiger partial charge in [-0.2, -0.15) is 0 Å². The van der Waals surface area contributed by atoms with Crippen molar-refractivity contribution in [2.75, 3.05) is 5.75 Å². The molecule has 1 heterocycles. The molecule has 2 aromatic carbocycles. The second-order valence-corrected chi connectivity index (χ2v) is 7.87. The molecule has 3 aromatic rings. The zero-order valence-electron chi connectivity index (χ0n) is 15.4. The molecule has 1 aromatic heterocycles. The van der Waals surface area contributed by atoms with E-state index in [-0.39, 0.29) is 17.7 Å². The van der Waals surface area contributed by atoms with Gasteiger partial charge in [-0.3, -0.25) is 9.36 Å². The number of aryl methyl sites for hydroxylation is 1. The van der Waals surface area contributed by atoms with E-state index in [1.54, 1.807) is 0 Å². The fraction of sp³-hybridized carbons (Fsp3) is 0.250. The Bertz CT molecular complexity index is 920. The van der Waals surface area contributed by atoms with Crippen LogP contribution >= 0.6 is 23.4 Å². The van der Waals surface area contributed by atoms with Crippen molar-refractivity contribution in [1.29, 1.82) is 0 Å². The molecule has 7 heteroatoms. The molecule has 0 aliphatic heterocycles. The second kappa shape index (κ2) is 8.59. The van der Waals surface area contributed by atoms with Crippen LogP contribution in [-0.2, 0) is 4.79 Å². The summed E-state index contributed by atoms with van der Waals surface area (Å²) in [5, 5.41) is 12.9. The Kier molecular flexibility index (Phi) is 6.19. The third kappa shape index (κ3) is 4.90. The van der Waals surface area contributed by atoms with Crippen molar-refractivity contribution in [3.05, 3.63) is 59.1 Å². The van der Waals surface area contributed by atoms with Crippen molar-refractivity contribution < 1.29 is 4.79 Å². The Labute approximate surface area is 168 Å². The molecule has 0 aliphatic rings. The van der Waals surface area contributed by atoms with E-state index in [0.29, 0.717) is 10.2 Å². The number of benzene rings is 2. The van der Waals surface area contributed by atoms with Gasteiger partial charge in [-0.05, 0) is 45.0 Å². The number of halogens is 1. The predicted molar refractivity (Wildman–Crippen MR) is 111 cm³/mol. The second-order valence-electron chi connectivity index (χ2n) is 6.49. The van der Waals surface area contributed by atoms with Gasteiger partial charge in [-0.15, -0.1) is 10.2 Å². The summed E-state index contributed by atoms with van der Waals surface area (Å²) in [4.78, 5) is 12.0. The molecule has 0 saturated heterocycles. The fourth-order valence-corrected chi connectivity index (χ4v) is 3.46. The lowest BCUT2D eigenvalue weighted by molar-refractivity contribution is -0.119. The molecule has 0 atom stereocenters. The Hall–Kier alpha value is -2.31. The lowest BCUT2D eigenvalue weighted by Crippen LogP contribution is -2.31. The van der Waals surface area contributed by atoms with Crippen LogP contribution in [0.4, 0.5) is 0 Å². The molecule has 0 unspecified atom stereocenters. The first kappa shape index (κ1) is 19.5. The molecule has 0 radical (unpaired) electrons. The number of amides is 1. The van der Waals surface area contributed by atoms with Gasteiger partial charge in [0, 0.05) is 22.3 Å². The lowest BCUT2D eigenvalue weighted by atomic mass is 10.1. The molecule has 1 N–H and O–H groups in total. The number of nitrogens with one attached hydrogen (secondary N) is 1. The highest BCUT2D eigenvalue weighted by atomic mass is 35.5. The summed E-state index contributed by atoms with van der Waals surface area (Å²) in [6, 6.07) is 15.7. The molecular weight excluding hydrogens is 380 g/mol. The summed E-state index contributed by atoms with van der Waals surface area (Å²) >= 11 is 7.40. The van der Waals surface area contributed by atoms with Crippen LogP contribution in [0.1, 0.15) is 19.4 Å². The summed E-state index contributed by atoms with van der Waals surface area (Å²) in [7, 11) is 0. The molecule has 5 nitrogen and oxygen atoms in total. The first-order chi connectivity index (χ1) is 12.9. The number of thioether (sulfide) groups is 1. The SMILES string of the molecule is Cc1ccc(-c2nnc(SCC(=O)NC(C)C)n2-c2ccc(Cl)cc2)cc1. The van der Waals surface area contributed by atoms with Gasteiger partial charge < -0.3 is 5.32 Å². The quantitative estimate of drug-likeness (QED) is 0.618. The van der Waals surface area contributed by atoms with Gasteiger partial charge in [-0.25, -0.2) is 0 Å². The van der Waals surface area contributed by atoms with E-state index in [9.17, 15) is 4.79 Å². The van der Waals surface area contributed by atoms with Crippen LogP contribution in [0.5, 0.6) is 0 Å². The van der Waals surface area contributed by atoms with Crippen LogP contribution in [0.15, 0.2) is 53.7 Å². The van der Waals surface area contributed by atoms with Crippen molar-refractivity contribution in [2.24, 2.45) is 0 Å². The molecule has 1 amide bonds. The minimum absolute atomic E-state index is 0.0301. The van der Waals surface area contributed by atoms with E-state index in [2.05, 4.69) is 15.5 Å². The molecule has 0 aliphatic carbocycles. The van der Waals surface area contributed by atoms with Crippen LogP contribution in [0, 0.1) is 6.92 Å². The summed E-state index contributed by atoms with van der Waals surface area (Å²) in [5.41, 5.74) is 3.03. The Morgan fingerprint density at radius 1 is 1.11 bits per heavy atom. The van der Waals surface area contributed by atoms with E-state index >= 15 is 0 Å². The summed E-state index contributed by atoms with van der Waals surface area (Å²) in [5.74, 6) is 0.972. The monoisotopic (exact) mass is 400 g/mol. The molecule has 0 spiro atoms. The number of aromatic nitrogens is 3. The van der Waals surface area contributed by atoms with Crippen molar-refractivity contribution in [3.8, 4) is 17.1 Å². The number of carbonyl (C=O) groups is 1. The van der Waals surface area contributed by atoms with Crippen molar-refractivity contribution in [1.82, 2.24) is 20.1 Å².